The monoisotopic (exact) mass is 257 g/mol. The molecular weight excluding hydrogens is 242 g/mol. The Balaban J connectivity index is 3.53. The lowest BCUT2D eigenvalue weighted by molar-refractivity contribution is 0.438. The lowest BCUT2D eigenvalue weighted by Crippen LogP contribution is -2.30. The fourth-order valence-corrected chi connectivity index (χ4v) is 2.06. The highest BCUT2D eigenvalue weighted by Crippen LogP contribution is 2.36. The van der Waals surface area contributed by atoms with Crippen LogP contribution in [0.5, 0.6) is 5.75 Å². The number of phenols is 1. The Morgan fingerprint density at radius 2 is 1.86 bits per heavy atom. The molecule has 0 spiro atoms. The van der Waals surface area contributed by atoms with Gasteiger partial charge in [0.2, 0.25) is 0 Å². The first-order chi connectivity index (χ1) is 6.25. The van der Waals surface area contributed by atoms with Crippen LogP contribution in [0.4, 0.5) is 0 Å². The quantitative estimate of drug-likeness (QED) is 0.813. The number of rotatable bonds is 1. The van der Waals surface area contributed by atoms with Gasteiger partial charge >= 0.3 is 0 Å². The van der Waals surface area contributed by atoms with E-state index in [0.29, 0.717) is 0 Å². The van der Waals surface area contributed by atoms with Crippen LogP contribution < -0.4 is 5.73 Å². The molecule has 0 bridgehead atoms. The zero-order valence-corrected chi connectivity index (χ0v) is 10.6. The van der Waals surface area contributed by atoms with Gasteiger partial charge in [-0.1, -0.05) is 15.9 Å². The molecule has 1 rings (SSSR count). The van der Waals surface area contributed by atoms with E-state index in [1.165, 1.54) is 0 Å². The number of phenolic OH excluding ortho intramolecular Hbond substituents is 1. The second kappa shape index (κ2) is 3.55. The van der Waals surface area contributed by atoms with Crippen molar-refractivity contribution in [3.8, 4) is 5.75 Å². The number of benzene rings is 1. The van der Waals surface area contributed by atoms with Gasteiger partial charge in [0.15, 0.2) is 0 Å². The molecule has 0 saturated heterocycles. The van der Waals surface area contributed by atoms with E-state index in [2.05, 4.69) is 15.9 Å². The molecule has 0 aromatic heterocycles. The number of nitrogens with two attached hydrogens (primary N) is 1. The molecule has 0 radical (unpaired) electrons. The van der Waals surface area contributed by atoms with E-state index in [4.69, 9.17) is 5.73 Å². The third kappa shape index (κ3) is 1.93. The SMILES string of the molecule is Cc1cc(O)c(C(C)(C)N)c(C)c1Br. The largest absolute Gasteiger partial charge is 0.508 e. The van der Waals surface area contributed by atoms with Gasteiger partial charge in [-0.25, -0.2) is 0 Å². The van der Waals surface area contributed by atoms with E-state index >= 15 is 0 Å². The van der Waals surface area contributed by atoms with Crippen molar-refractivity contribution < 1.29 is 5.11 Å². The van der Waals surface area contributed by atoms with Gasteiger partial charge in [-0.15, -0.1) is 0 Å². The maximum absolute atomic E-state index is 9.83. The van der Waals surface area contributed by atoms with E-state index in [-0.39, 0.29) is 5.75 Å². The number of hydrogen-bond acceptors (Lipinski definition) is 2. The molecule has 0 amide bonds. The Bertz CT molecular complexity index is 367. The molecule has 0 aliphatic heterocycles. The van der Waals surface area contributed by atoms with E-state index in [1.807, 2.05) is 27.7 Å². The number of halogens is 1. The van der Waals surface area contributed by atoms with Gasteiger partial charge in [0.1, 0.15) is 5.75 Å². The van der Waals surface area contributed by atoms with Crippen LogP contribution in [0, 0.1) is 13.8 Å². The second-order valence-electron chi connectivity index (χ2n) is 4.25. The van der Waals surface area contributed by atoms with Gasteiger partial charge in [-0.2, -0.15) is 0 Å². The summed E-state index contributed by atoms with van der Waals surface area (Å²) in [4.78, 5) is 0. The molecule has 1 aromatic rings. The molecular formula is C11H16BrNO. The molecule has 3 N–H and O–H groups in total. The van der Waals surface area contributed by atoms with Crippen LogP contribution in [0.25, 0.3) is 0 Å². The number of aryl methyl sites for hydroxylation is 1. The van der Waals surface area contributed by atoms with Gasteiger partial charge < -0.3 is 10.8 Å². The Morgan fingerprint density at radius 1 is 1.36 bits per heavy atom. The van der Waals surface area contributed by atoms with Crippen molar-refractivity contribution in [2.45, 2.75) is 33.2 Å². The first-order valence-corrected chi connectivity index (χ1v) is 5.32. The Labute approximate surface area is 93.3 Å². The van der Waals surface area contributed by atoms with E-state index < -0.39 is 5.54 Å². The van der Waals surface area contributed by atoms with Crippen LogP contribution in [0.3, 0.4) is 0 Å². The molecule has 78 valence electrons. The summed E-state index contributed by atoms with van der Waals surface area (Å²) in [5.41, 5.74) is 8.30. The summed E-state index contributed by atoms with van der Waals surface area (Å²) in [5.74, 6) is 0.274. The van der Waals surface area contributed by atoms with Crippen LogP contribution in [-0.4, -0.2) is 5.11 Å². The summed E-state index contributed by atoms with van der Waals surface area (Å²) in [6.45, 7) is 7.68. The minimum atomic E-state index is -0.523. The van der Waals surface area contributed by atoms with Crippen LogP contribution in [-0.2, 0) is 5.54 Å². The first kappa shape index (κ1) is 11.5. The summed E-state index contributed by atoms with van der Waals surface area (Å²) >= 11 is 3.49. The molecule has 0 atom stereocenters. The summed E-state index contributed by atoms with van der Waals surface area (Å²) in [6.07, 6.45) is 0. The highest BCUT2D eigenvalue weighted by molar-refractivity contribution is 9.10. The summed E-state index contributed by atoms with van der Waals surface area (Å²) in [7, 11) is 0. The zero-order chi connectivity index (χ0) is 11.1. The van der Waals surface area contributed by atoms with Crippen molar-refractivity contribution in [3.63, 3.8) is 0 Å². The van der Waals surface area contributed by atoms with Crippen molar-refractivity contribution in [3.05, 3.63) is 27.2 Å². The minimum absolute atomic E-state index is 0.274. The highest BCUT2D eigenvalue weighted by atomic mass is 79.9. The van der Waals surface area contributed by atoms with E-state index in [9.17, 15) is 5.11 Å². The Morgan fingerprint density at radius 3 is 2.29 bits per heavy atom. The molecule has 1 aromatic carbocycles. The average molecular weight is 258 g/mol. The predicted molar refractivity (Wildman–Crippen MR) is 62.5 cm³/mol. The van der Waals surface area contributed by atoms with Gasteiger partial charge in [0.05, 0.1) is 0 Å². The van der Waals surface area contributed by atoms with Crippen molar-refractivity contribution in [2.75, 3.05) is 0 Å². The topological polar surface area (TPSA) is 46.2 Å². The fraction of sp³-hybridized carbons (Fsp3) is 0.455. The summed E-state index contributed by atoms with van der Waals surface area (Å²) in [5, 5.41) is 9.83. The van der Waals surface area contributed by atoms with Crippen LogP contribution in [0.2, 0.25) is 0 Å². The van der Waals surface area contributed by atoms with Crippen LogP contribution in [0.15, 0.2) is 10.5 Å². The van der Waals surface area contributed by atoms with Gasteiger partial charge in [-0.05, 0) is 44.9 Å². The summed E-state index contributed by atoms with van der Waals surface area (Å²) < 4.78 is 1.02. The van der Waals surface area contributed by atoms with Crippen molar-refractivity contribution in [1.29, 1.82) is 0 Å². The smallest absolute Gasteiger partial charge is 0.121 e. The average Bonchev–Trinajstić information content (AvgIpc) is 1.97. The van der Waals surface area contributed by atoms with E-state index in [1.54, 1.807) is 6.07 Å². The summed E-state index contributed by atoms with van der Waals surface area (Å²) in [6, 6.07) is 1.74. The molecule has 2 nitrogen and oxygen atoms in total. The van der Waals surface area contributed by atoms with Crippen molar-refractivity contribution >= 4 is 15.9 Å². The van der Waals surface area contributed by atoms with Crippen LogP contribution in [0.1, 0.15) is 30.5 Å². The second-order valence-corrected chi connectivity index (χ2v) is 5.04. The lowest BCUT2D eigenvalue weighted by atomic mass is 9.89. The molecule has 0 saturated carbocycles. The minimum Gasteiger partial charge on any atom is -0.508 e. The number of aromatic hydroxyl groups is 1. The molecule has 14 heavy (non-hydrogen) atoms. The molecule has 0 heterocycles. The molecule has 0 aliphatic carbocycles. The molecule has 0 fully saturated rings. The predicted octanol–water partition coefficient (Wildman–Crippen LogP) is 2.97. The molecule has 3 heteroatoms. The molecule has 0 aliphatic rings. The van der Waals surface area contributed by atoms with Crippen molar-refractivity contribution in [1.82, 2.24) is 0 Å². The van der Waals surface area contributed by atoms with Gasteiger partial charge in [0.25, 0.3) is 0 Å². The normalized spacial score (nSPS) is 11.9. The van der Waals surface area contributed by atoms with Crippen LogP contribution >= 0.6 is 15.9 Å². The molecule has 0 unspecified atom stereocenters. The lowest BCUT2D eigenvalue weighted by Gasteiger charge is -2.24. The van der Waals surface area contributed by atoms with Gasteiger partial charge in [-0.3, -0.25) is 0 Å². The highest BCUT2D eigenvalue weighted by Gasteiger charge is 2.23. The zero-order valence-electron chi connectivity index (χ0n) is 8.98. The third-order valence-electron chi connectivity index (χ3n) is 2.30. The third-order valence-corrected chi connectivity index (χ3v) is 3.52. The van der Waals surface area contributed by atoms with E-state index in [0.717, 1.165) is 21.2 Å². The van der Waals surface area contributed by atoms with Crippen molar-refractivity contribution in [2.24, 2.45) is 5.73 Å². The Kier molecular flexibility index (Phi) is 2.93. The maximum Gasteiger partial charge on any atom is 0.121 e. The number of hydrogen-bond donors (Lipinski definition) is 2. The van der Waals surface area contributed by atoms with Gasteiger partial charge in [0, 0.05) is 15.6 Å². The Hall–Kier alpha value is -0.540. The fourth-order valence-electron chi connectivity index (χ4n) is 1.75. The standard InChI is InChI=1S/C11H16BrNO/c1-6-5-8(14)9(11(3,4)13)7(2)10(6)12/h5,14H,13H2,1-4H3. The maximum atomic E-state index is 9.83. The first-order valence-electron chi connectivity index (χ1n) is 4.53.